The number of ether oxygens (including phenoxy) is 1. The minimum Gasteiger partial charge on any atom is -0.485 e. The smallest absolute Gasteiger partial charge is 0.138 e. The van der Waals surface area contributed by atoms with Crippen molar-refractivity contribution in [3.8, 4) is 11.8 Å². The van der Waals surface area contributed by atoms with Gasteiger partial charge in [0.25, 0.3) is 0 Å². The van der Waals surface area contributed by atoms with E-state index in [-0.39, 0.29) is 6.10 Å². The molecule has 1 aromatic rings. The lowest BCUT2D eigenvalue weighted by molar-refractivity contribution is 0.229. The van der Waals surface area contributed by atoms with E-state index in [4.69, 9.17) is 10.00 Å². The number of rotatable bonds is 2. The lowest BCUT2D eigenvalue weighted by atomic mass is 10.1. The van der Waals surface area contributed by atoms with Crippen molar-refractivity contribution in [2.24, 2.45) is 0 Å². The second-order valence-electron chi connectivity index (χ2n) is 3.77. The van der Waals surface area contributed by atoms with Gasteiger partial charge in [0, 0.05) is 4.47 Å². The molecular weight excluding hydrogens is 266 g/mol. The summed E-state index contributed by atoms with van der Waals surface area (Å²) in [6, 6.07) is 7.66. The number of nitriles is 1. The van der Waals surface area contributed by atoms with Crippen LogP contribution in [0.5, 0.6) is 5.75 Å². The van der Waals surface area contributed by atoms with E-state index in [1.165, 1.54) is 0 Å². The van der Waals surface area contributed by atoms with E-state index < -0.39 is 0 Å². The predicted molar refractivity (Wildman–Crippen MR) is 66.3 cm³/mol. The molecule has 82 valence electrons. The summed E-state index contributed by atoms with van der Waals surface area (Å²) in [4.78, 5) is 0. The van der Waals surface area contributed by atoms with Crippen molar-refractivity contribution in [1.82, 2.24) is 0 Å². The summed E-state index contributed by atoms with van der Waals surface area (Å²) in [6.07, 6.45) is 7.63. The largest absolute Gasteiger partial charge is 0.485 e. The Labute approximate surface area is 104 Å². The maximum atomic E-state index is 9.00. The van der Waals surface area contributed by atoms with Crippen molar-refractivity contribution in [2.45, 2.75) is 25.4 Å². The van der Waals surface area contributed by atoms with Crippen molar-refractivity contribution >= 4 is 15.9 Å². The van der Waals surface area contributed by atoms with Gasteiger partial charge in [-0.1, -0.05) is 22.0 Å². The van der Waals surface area contributed by atoms with Crippen LogP contribution in [-0.4, -0.2) is 6.10 Å². The van der Waals surface area contributed by atoms with Gasteiger partial charge in [-0.05, 0) is 43.5 Å². The Morgan fingerprint density at radius 2 is 2.31 bits per heavy atom. The molecule has 1 atom stereocenters. The van der Waals surface area contributed by atoms with Crippen LogP contribution in [0.2, 0.25) is 0 Å². The van der Waals surface area contributed by atoms with Crippen molar-refractivity contribution in [2.75, 3.05) is 0 Å². The van der Waals surface area contributed by atoms with Crippen molar-refractivity contribution < 1.29 is 4.74 Å². The second-order valence-corrected chi connectivity index (χ2v) is 4.68. The molecule has 1 aliphatic rings. The highest BCUT2D eigenvalue weighted by molar-refractivity contribution is 9.10. The van der Waals surface area contributed by atoms with Gasteiger partial charge < -0.3 is 4.74 Å². The van der Waals surface area contributed by atoms with Crippen LogP contribution in [0.15, 0.2) is 34.8 Å². The molecule has 0 radical (unpaired) electrons. The van der Waals surface area contributed by atoms with E-state index in [2.05, 4.69) is 34.2 Å². The third-order valence-electron chi connectivity index (χ3n) is 2.55. The molecule has 2 nitrogen and oxygen atoms in total. The topological polar surface area (TPSA) is 33.0 Å². The van der Waals surface area contributed by atoms with Gasteiger partial charge in [-0.25, -0.2) is 0 Å². The van der Waals surface area contributed by atoms with E-state index in [1.807, 2.05) is 12.1 Å². The minimum atomic E-state index is 0.113. The summed E-state index contributed by atoms with van der Waals surface area (Å²) in [6.45, 7) is 0. The highest BCUT2D eigenvalue weighted by Gasteiger charge is 2.12. The number of hydrogen-bond donors (Lipinski definition) is 0. The standard InChI is InChI=1S/C13H12BrNO/c14-11-6-7-13(10(8-11)9-15)16-12-4-2-1-3-5-12/h2,4,6-8,12H,1,3,5H2. The SMILES string of the molecule is N#Cc1cc(Br)ccc1OC1C=CCCC1. The third-order valence-corrected chi connectivity index (χ3v) is 3.04. The van der Waals surface area contributed by atoms with Crippen molar-refractivity contribution in [3.63, 3.8) is 0 Å². The maximum Gasteiger partial charge on any atom is 0.138 e. The van der Waals surface area contributed by atoms with Gasteiger partial charge in [0.2, 0.25) is 0 Å². The first-order chi connectivity index (χ1) is 7.79. The minimum absolute atomic E-state index is 0.113. The molecule has 2 rings (SSSR count). The lowest BCUT2D eigenvalue weighted by Gasteiger charge is -2.19. The molecule has 1 aliphatic carbocycles. The van der Waals surface area contributed by atoms with Crippen molar-refractivity contribution in [3.05, 3.63) is 40.4 Å². The van der Waals surface area contributed by atoms with E-state index >= 15 is 0 Å². The first-order valence-corrected chi connectivity index (χ1v) is 6.12. The van der Waals surface area contributed by atoms with Gasteiger partial charge >= 0.3 is 0 Å². The van der Waals surface area contributed by atoms with Gasteiger partial charge in [-0.15, -0.1) is 0 Å². The van der Waals surface area contributed by atoms with Gasteiger partial charge in [0.1, 0.15) is 17.9 Å². The molecule has 0 bridgehead atoms. The van der Waals surface area contributed by atoms with Crippen LogP contribution in [0, 0.1) is 11.3 Å². The highest BCUT2D eigenvalue weighted by Crippen LogP contribution is 2.25. The van der Waals surface area contributed by atoms with Crippen LogP contribution in [0.25, 0.3) is 0 Å². The van der Waals surface area contributed by atoms with Crippen LogP contribution in [0.3, 0.4) is 0 Å². The fourth-order valence-corrected chi connectivity index (χ4v) is 2.10. The van der Waals surface area contributed by atoms with E-state index in [0.717, 1.165) is 23.7 Å². The molecule has 0 aliphatic heterocycles. The predicted octanol–water partition coefficient (Wildman–Crippen LogP) is 3.81. The van der Waals surface area contributed by atoms with Gasteiger partial charge in [0.05, 0.1) is 5.56 Å². The zero-order valence-electron chi connectivity index (χ0n) is 8.82. The molecular formula is C13H12BrNO. The first kappa shape index (κ1) is 11.2. The fraction of sp³-hybridized carbons (Fsp3) is 0.308. The number of hydrogen-bond acceptors (Lipinski definition) is 2. The summed E-state index contributed by atoms with van der Waals surface area (Å²) in [7, 11) is 0. The average molecular weight is 278 g/mol. The molecule has 0 saturated heterocycles. The number of halogens is 1. The van der Waals surface area contributed by atoms with Gasteiger partial charge in [0.15, 0.2) is 0 Å². The summed E-state index contributed by atoms with van der Waals surface area (Å²) in [5, 5.41) is 9.00. The Bertz CT molecular complexity index is 448. The summed E-state index contributed by atoms with van der Waals surface area (Å²) in [5.74, 6) is 0.669. The Hall–Kier alpha value is -1.27. The van der Waals surface area contributed by atoms with Crippen LogP contribution in [-0.2, 0) is 0 Å². The number of nitrogens with zero attached hydrogens (tertiary/aromatic N) is 1. The molecule has 3 heteroatoms. The summed E-state index contributed by atoms with van der Waals surface area (Å²) in [5.41, 5.74) is 0.577. The molecule has 1 aromatic carbocycles. The van der Waals surface area contributed by atoms with Crippen LogP contribution < -0.4 is 4.74 Å². The quantitative estimate of drug-likeness (QED) is 0.771. The number of allylic oxidation sites excluding steroid dienone is 1. The Kier molecular flexibility index (Phi) is 3.63. The molecule has 0 amide bonds. The second kappa shape index (κ2) is 5.18. The molecule has 0 N–H and O–H groups in total. The average Bonchev–Trinajstić information content (AvgIpc) is 2.33. The highest BCUT2D eigenvalue weighted by atomic mass is 79.9. The summed E-state index contributed by atoms with van der Waals surface area (Å²) < 4.78 is 6.70. The molecule has 0 spiro atoms. The maximum absolute atomic E-state index is 9.00. The molecule has 1 unspecified atom stereocenters. The third kappa shape index (κ3) is 2.65. The van der Waals surface area contributed by atoms with Crippen molar-refractivity contribution in [1.29, 1.82) is 5.26 Å². The Morgan fingerprint density at radius 3 is 3.00 bits per heavy atom. The van der Waals surface area contributed by atoms with Gasteiger partial charge in [-0.2, -0.15) is 5.26 Å². The molecule has 16 heavy (non-hydrogen) atoms. The lowest BCUT2D eigenvalue weighted by Crippen LogP contribution is -2.16. The molecule has 0 fully saturated rings. The molecule has 0 saturated carbocycles. The number of benzene rings is 1. The Balaban J connectivity index is 2.17. The van der Waals surface area contributed by atoms with E-state index in [0.29, 0.717) is 11.3 Å². The van der Waals surface area contributed by atoms with E-state index in [9.17, 15) is 0 Å². The van der Waals surface area contributed by atoms with Crippen LogP contribution >= 0.6 is 15.9 Å². The zero-order valence-corrected chi connectivity index (χ0v) is 10.4. The summed E-state index contributed by atoms with van der Waals surface area (Å²) >= 11 is 3.34. The molecule has 0 heterocycles. The fourth-order valence-electron chi connectivity index (χ4n) is 1.73. The van der Waals surface area contributed by atoms with E-state index in [1.54, 1.807) is 6.07 Å². The van der Waals surface area contributed by atoms with Crippen LogP contribution in [0.4, 0.5) is 0 Å². The van der Waals surface area contributed by atoms with Crippen LogP contribution in [0.1, 0.15) is 24.8 Å². The Morgan fingerprint density at radius 1 is 1.44 bits per heavy atom. The van der Waals surface area contributed by atoms with Gasteiger partial charge in [-0.3, -0.25) is 0 Å². The molecule has 0 aromatic heterocycles. The zero-order chi connectivity index (χ0) is 11.4. The monoisotopic (exact) mass is 277 g/mol. The normalized spacial score (nSPS) is 19.1. The first-order valence-electron chi connectivity index (χ1n) is 5.32.